The molecule has 1 aromatic carbocycles. The number of halogens is 1. The molecular weight excluding hydrogens is 330 g/mol. The Morgan fingerprint density at radius 2 is 2.18 bits per heavy atom. The first-order chi connectivity index (χ1) is 10.3. The Hall–Kier alpha value is -1.22. The fraction of sp³-hybridized carbons (Fsp3) is 0.538. The number of rotatable bonds is 4. The summed E-state index contributed by atoms with van der Waals surface area (Å²) >= 11 is 5.96. The summed E-state index contributed by atoms with van der Waals surface area (Å²) in [7, 11) is -3.83. The zero-order valence-electron chi connectivity index (χ0n) is 12.1. The van der Waals surface area contributed by atoms with Gasteiger partial charge in [-0.1, -0.05) is 18.5 Å². The highest BCUT2D eigenvalue weighted by Crippen LogP contribution is 2.33. The molecule has 1 saturated heterocycles. The van der Waals surface area contributed by atoms with Crippen LogP contribution < -0.4 is 5.73 Å². The number of nitrogens with zero attached hydrogens (tertiary/aromatic N) is 2. The van der Waals surface area contributed by atoms with Crippen molar-refractivity contribution in [3.63, 3.8) is 0 Å². The minimum atomic E-state index is -3.83. The number of hydrogen-bond donors (Lipinski definition) is 1. The van der Waals surface area contributed by atoms with E-state index in [9.17, 15) is 18.5 Å². The Kier molecular flexibility index (Phi) is 5.06. The van der Waals surface area contributed by atoms with Crippen LogP contribution in [0.1, 0.15) is 19.8 Å². The van der Waals surface area contributed by atoms with Gasteiger partial charge in [0.1, 0.15) is 4.90 Å². The molecule has 1 aromatic rings. The molecule has 1 fully saturated rings. The predicted molar refractivity (Wildman–Crippen MR) is 83.2 cm³/mol. The molecule has 0 aromatic heterocycles. The maximum absolute atomic E-state index is 12.8. The second-order valence-corrected chi connectivity index (χ2v) is 7.68. The van der Waals surface area contributed by atoms with Crippen LogP contribution in [0, 0.1) is 16.0 Å². The smallest absolute Gasteiger partial charge is 0.271 e. The van der Waals surface area contributed by atoms with Crippen molar-refractivity contribution in [2.75, 3.05) is 13.1 Å². The van der Waals surface area contributed by atoms with Crippen LogP contribution in [0.4, 0.5) is 5.69 Å². The number of hydrogen-bond acceptors (Lipinski definition) is 5. The van der Waals surface area contributed by atoms with Crippen molar-refractivity contribution < 1.29 is 13.3 Å². The predicted octanol–water partition coefficient (Wildman–Crippen LogP) is 2.00. The fourth-order valence-electron chi connectivity index (χ4n) is 2.80. The van der Waals surface area contributed by atoms with Crippen LogP contribution in [0.25, 0.3) is 0 Å². The average Bonchev–Trinajstić information content (AvgIpc) is 2.46. The summed E-state index contributed by atoms with van der Waals surface area (Å²) in [6.07, 6.45) is 1.67. The SMILES string of the molecule is CC1CCCN(S(=O)(=O)c2ccc([N+](=O)[O-])cc2Cl)C1CN. The highest BCUT2D eigenvalue weighted by Gasteiger charge is 2.37. The van der Waals surface area contributed by atoms with Crippen LogP contribution in [0.3, 0.4) is 0 Å². The lowest BCUT2D eigenvalue weighted by Crippen LogP contribution is -2.51. The number of benzene rings is 1. The molecule has 0 saturated carbocycles. The van der Waals surface area contributed by atoms with E-state index < -0.39 is 14.9 Å². The Balaban J connectivity index is 2.43. The normalized spacial score (nSPS) is 23.4. The first-order valence-corrected chi connectivity index (χ1v) is 8.76. The lowest BCUT2D eigenvalue weighted by atomic mass is 9.93. The Bertz CT molecular complexity index is 680. The van der Waals surface area contributed by atoms with Gasteiger partial charge < -0.3 is 5.73 Å². The van der Waals surface area contributed by atoms with Gasteiger partial charge in [-0.05, 0) is 24.8 Å². The molecule has 22 heavy (non-hydrogen) atoms. The van der Waals surface area contributed by atoms with E-state index in [0.717, 1.165) is 25.0 Å². The third-order valence-corrected chi connectivity index (χ3v) is 6.43. The molecule has 0 bridgehead atoms. The lowest BCUT2D eigenvalue weighted by Gasteiger charge is -2.38. The molecule has 7 nitrogen and oxygen atoms in total. The van der Waals surface area contributed by atoms with E-state index in [1.54, 1.807) is 0 Å². The number of piperidine rings is 1. The molecule has 0 aliphatic carbocycles. The molecule has 2 unspecified atom stereocenters. The topological polar surface area (TPSA) is 107 Å². The van der Waals surface area contributed by atoms with Crippen LogP contribution in [-0.4, -0.2) is 36.8 Å². The molecule has 1 aliphatic rings. The van der Waals surface area contributed by atoms with Crippen LogP contribution in [0.15, 0.2) is 23.1 Å². The van der Waals surface area contributed by atoms with E-state index in [1.165, 1.54) is 10.4 Å². The van der Waals surface area contributed by atoms with Crippen molar-refractivity contribution in [3.05, 3.63) is 33.3 Å². The van der Waals surface area contributed by atoms with Gasteiger partial charge in [0.05, 0.1) is 9.95 Å². The maximum Gasteiger partial charge on any atom is 0.271 e. The molecule has 122 valence electrons. The third kappa shape index (κ3) is 3.10. The van der Waals surface area contributed by atoms with Gasteiger partial charge in [-0.15, -0.1) is 0 Å². The van der Waals surface area contributed by atoms with Crippen LogP contribution in [-0.2, 0) is 10.0 Å². The first-order valence-electron chi connectivity index (χ1n) is 6.95. The summed E-state index contributed by atoms with van der Waals surface area (Å²) in [5.74, 6) is 0.158. The third-order valence-electron chi connectivity index (χ3n) is 4.02. The van der Waals surface area contributed by atoms with Gasteiger partial charge in [0.2, 0.25) is 10.0 Å². The van der Waals surface area contributed by atoms with Gasteiger partial charge in [0, 0.05) is 31.3 Å². The number of nitro benzene ring substituents is 1. The summed E-state index contributed by atoms with van der Waals surface area (Å²) in [5.41, 5.74) is 5.49. The molecule has 0 spiro atoms. The van der Waals surface area contributed by atoms with Crippen molar-refractivity contribution in [1.82, 2.24) is 4.31 Å². The van der Waals surface area contributed by atoms with Crippen molar-refractivity contribution >= 4 is 27.3 Å². The molecule has 0 radical (unpaired) electrons. The minimum Gasteiger partial charge on any atom is -0.329 e. The number of sulfonamides is 1. The molecule has 0 amide bonds. The van der Waals surface area contributed by atoms with Crippen molar-refractivity contribution in [2.24, 2.45) is 11.7 Å². The first kappa shape index (κ1) is 17.1. The van der Waals surface area contributed by atoms with E-state index >= 15 is 0 Å². The zero-order chi connectivity index (χ0) is 16.5. The molecule has 9 heteroatoms. The fourth-order valence-corrected chi connectivity index (χ4v) is 5.08. The molecular formula is C13H18ClN3O4S. The van der Waals surface area contributed by atoms with E-state index in [0.29, 0.717) is 6.54 Å². The van der Waals surface area contributed by atoms with Gasteiger partial charge in [-0.3, -0.25) is 10.1 Å². The summed E-state index contributed by atoms with van der Waals surface area (Å²) in [6, 6.07) is 3.09. The molecule has 2 atom stereocenters. The highest BCUT2D eigenvalue weighted by molar-refractivity contribution is 7.89. The van der Waals surface area contributed by atoms with Crippen LogP contribution in [0.2, 0.25) is 5.02 Å². The van der Waals surface area contributed by atoms with E-state index in [1.807, 2.05) is 6.92 Å². The molecule has 1 aliphatic heterocycles. The Morgan fingerprint density at radius 3 is 2.73 bits per heavy atom. The van der Waals surface area contributed by atoms with Gasteiger partial charge in [-0.2, -0.15) is 4.31 Å². The van der Waals surface area contributed by atoms with Crippen LogP contribution in [0.5, 0.6) is 0 Å². The second kappa shape index (κ2) is 6.49. The van der Waals surface area contributed by atoms with Gasteiger partial charge in [0.15, 0.2) is 0 Å². The van der Waals surface area contributed by atoms with E-state index in [4.69, 9.17) is 17.3 Å². The standard InChI is InChI=1S/C13H18ClN3O4S/c1-9-3-2-6-16(12(9)8-15)22(20,21)13-5-4-10(17(18)19)7-11(13)14/h4-5,7,9,12H,2-3,6,8,15H2,1H3. The number of non-ortho nitro benzene ring substituents is 1. The van der Waals surface area contributed by atoms with Crippen molar-refractivity contribution in [2.45, 2.75) is 30.7 Å². The summed E-state index contributed by atoms with van der Waals surface area (Å²) in [6.45, 7) is 2.57. The molecule has 2 rings (SSSR count). The molecule has 1 heterocycles. The highest BCUT2D eigenvalue weighted by atomic mass is 35.5. The van der Waals surface area contributed by atoms with Gasteiger partial charge in [0.25, 0.3) is 5.69 Å². The quantitative estimate of drug-likeness (QED) is 0.662. The van der Waals surface area contributed by atoms with Crippen molar-refractivity contribution in [3.8, 4) is 0 Å². The summed E-state index contributed by atoms with van der Waals surface area (Å²) in [4.78, 5) is 9.99. The Morgan fingerprint density at radius 1 is 1.50 bits per heavy atom. The monoisotopic (exact) mass is 347 g/mol. The average molecular weight is 348 g/mol. The second-order valence-electron chi connectivity index (χ2n) is 5.41. The van der Waals surface area contributed by atoms with Gasteiger partial charge in [-0.25, -0.2) is 8.42 Å². The zero-order valence-corrected chi connectivity index (χ0v) is 13.7. The van der Waals surface area contributed by atoms with Crippen LogP contribution >= 0.6 is 11.6 Å². The Labute approximate surface area is 134 Å². The summed E-state index contributed by atoms with van der Waals surface area (Å²) in [5, 5.41) is 10.6. The lowest BCUT2D eigenvalue weighted by molar-refractivity contribution is -0.384. The minimum absolute atomic E-state index is 0.118. The molecule has 2 N–H and O–H groups in total. The summed E-state index contributed by atoms with van der Waals surface area (Å²) < 4.78 is 27.0. The maximum atomic E-state index is 12.8. The van der Waals surface area contributed by atoms with Crippen molar-refractivity contribution in [1.29, 1.82) is 0 Å². The van der Waals surface area contributed by atoms with E-state index in [-0.39, 0.29) is 34.1 Å². The largest absolute Gasteiger partial charge is 0.329 e. The number of nitrogens with two attached hydrogens (primary N) is 1. The van der Waals surface area contributed by atoms with E-state index in [2.05, 4.69) is 0 Å². The van der Waals surface area contributed by atoms with Gasteiger partial charge >= 0.3 is 0 Å². The number of nitro groups is 1.